The average molecular weight is 484 g/mol. The molecule has 0 aromatic carbocycles. The number of fused-ring (bicyclic) bond motifs is 1. The second-order valence-corrected chi connectivity index (χ2v) is 8.46. The number of hydrogen-bond donors (Lipinski definition) is 2. The Kier molecular flexibility index (Phi) is 8.34. The van der Waals surface area contributed by atoms with E-state index in [1.54, 1.807) is 17.6 Å². The highest BCUT2D eigenvalue weighted by atomic mass is 32.1. The summed E-state index contributed by atoms with van der Waals surface area (Å²) in [6.07, 6.45) is -0.807. The first kappa shape index (κ1) is 24.6. The Labute approximate surface area is 192 Å². The summed E-state index contributed by atoms with van der Waals surface area (Å²) in [5, 5.41) is 14.4. The van der Waals surface area contributed by atoms with Crippen molar-refractivity contribution < 1.29 is 32.3 Å². The predicted octanol–water partition coefficient (Wildman–Crippen LogP) is 4.11. The van der Waals surface area contributed by atoms with Crippen molar-refractivity contribution >= 4 is 23.2 Å². The number of furan rings is 1. The number of thiophene rings is 1. The summed E-state index contributed by atoms with van der Waals surface area (Å²) in [5.74, 6) is -1.60. The molecular weight excluding hydrogens is 459 g/mol. The lowest BCUT2D eigenvalue weighted by Gasteiger charge is -2.23. The van der Waals surface area contributed by atoms with Crippen molar-refractivity contribution in [3.8, 4) is 0 Å². The Morgan fingerprint density at radius 1 is 1.21 bits per heavy atom. The van der Waals surface area contributed by atoms with Crippen LogP contribution in [0.1, 0.15) is 23.4 Å². The van der Waals surface area contributed by atoms with E-state index in [0.29, 0.717) is 18.9 Å². The van der Waals surface area contributed by atoms with Crippen LogP contribution in [0.5, 0.6) is 0 Å². The Balaban J connectivity index is 0.000000383. The number of nitrogens with zero attached hydrogens (tertiary/aromatic N) is 2. The molecule has 0 saturated heterocycles. The van der Waals surface area contributed by atoms with Crippen LogP contribution >= 0.6 is 11.3 Å². The smallest absolute Gasteiger partial charge is 0.475 e. The molecule has 0 aliphatic carbocycles. The van der Waals surface area contributed by atoms with E-state index in [-0.39, 0.29) is 5.91 Å². The van der Waals surface area contributed by atoms with Gasteiger partial charge in [0.05, 0.1) is 12.8 Å². The van der Waals surface area contributed by atoms with Crippen LogP contribution in [-0.4, -0.2) is 39.2 Å². The van der Waals surface area contributed by atoms with E-state index in [0.717, 1.165) is 31.9 Å². The van der Waals surface area contributed by atoms with Gasteiger partial charge in [-0.1, -0.05) is 0 Å². The van der Waals surface area contributed by atoms with Crippen molar-refractivity contribution in [2.24, 2.45) is 5.92 Å². The molecule has 3 aromatic heterocycles. The largest absolute Gasteiger partial charge is 0.490 e. The zero-order valence-electron chi connectivity index (χ0n) is 17.6. The van der Waals surface area contributed by atoms with Crippen LogP contribution in [0.2, 0.25) is 0 Å². The van der Waals surface area contributed by atoms with Gasteiger partial charge in [-0.3, -0.25) is 9.69 Å². The number of carboxylic acids is 1. The monoisotopic (exact) mass is 483 g/mol. The summed E-state index contributed by atoms with van der Waals surface area (Å²) < 4.78 is 39.3. The van der Waals surface area contributed by atoms with E-state index in [9.17, 15) is 18.0 Å². The normalized spacial score (nSPS) is 16.3. The maximum atomic E-state index is 12.4. The van der Waals surface area contributed by atoms with Crippen molar-refractivity contribution in [3.63, 3.8) is 0 Å². The molecule has 7 nitrogen and oxygen atoms in total. The Morgan fingerprint density at radius 2 is 2.00 bits per heavy atom. The SMILES string of the molecule is O=C(CC1CN(Cc2ccsc2)Cc2cccn2C1)NCc1ccco1.O=C(O)C(F)(F)F. The van der Waals surface area contributed by atoms with Gasteiger partial charge < -0.3 is 19.4 Å². The first-order valence-corrected chi connectivity index (χ1v) is 11.1. The average Bonchev–Trinajstić information content (AvgIpc) is 3.49. The van der Waals surface area contributed by atoms with Gasteiger partial charge in [0.2, 0.25) is 5.91 Å². The van der Waals surface area contributed by atoms with Crippen molar-refractivity contribution in [1.29, 1.82) is 0 Å². The summed E-state index contributed by atoms with van der Waals surface area (Å²) in [6, 6.07) is 10.2. The number of aliphatic carboxylic acids is 1. The molecule has 11 heteroatoms. The van der Waals surface area contributed by atoms with Gasteiger partial charge in [0.1, 0.15) is 5.76 Å². The van der Waals surface area contributed by atoms with Gasteiger partial charge in [0.25, 0.3) is 0 Å². The molecule has 1 unspecified atom stereocenters. The number of alkyl halides is 3. The number of carbonyl (C=O) groups is 2. The van der Waals surface area contributed by atoms with E-state index in [4.69, 9.17) is 14.3 Å². The number of aromatic nitrogens is 1. The van der Waals surface area contributed by atoms with Gasteiger partial charge in [-0.25, -0.2) is 4.79 Å². The summed E-state index contributed by atoms with van der Waals surface area (Å²) in [7, 11) is 0. The molecule has 0 bridgehead atoms. The maximum Gasteiger partial charge on any atom is 0.490 e. The van der Waals surface area contributed by atoms with Crippen LogP contribution in [0.4, 0.5) is 13.2 Å². The third kappa shape index (κ3) is 7.79. The fourth-order valence-corrected chi connectivity index (χ4v) is 4.25. The molecule has 1 aliphatic rings. The minimum Gasteiger partial charge on any atom is -0.475 e. The van der Waals surface area contributed by atoms with Gasteiger partial charge in [0, 0.05) is 44.5 Å². The number of halogens is 3. The Morgan fingerprint density at radius 3 is 2.64 bits per heavy atom. The second-order valence-electron chi connectivity index (χ2n) is 7.68. The van der Waals surface area contributed by atoms with E-state index in [2.05, 4.69) is 49.9 Å². The standard InChI is InChI=1S/C20H23N3O2S.C2HF3O2/c24-20(21-10-19-4-2-7-25-19)9-17-12-22(11-16-5-8-26-15-16)14-18-3-1-6-23(18)13-17;3-2(4,5)1(6)7/h1-8,15,17H,9-14H2,(H,21,24);(H,6,7). The van der Waals surface area contributed by atoms with E-state index >= 15 is 0 Å². The Bertz CT molecular complexity index is 1020. The minimum absolute atomic E-state index is 0.0810. The zero-order valence-corrected chi connectivity index (χ0v) is 18.4. The molecule has 4 heterocycles. The van der Waals surface area contributed by atoms with Gasteiger partial charge in [-0.2, -0.15) is 24.5 Å². The summed E-state index contributed by atoms with van der Waals surface area (Å²) in [6.45, 7) is 4.11. The lowest BCUT2D eigenvalue weighted by atomic mass is 10.0. The number of carbonyl (C=O) groups excluding carboxylic acids is 1. The van der Waals surface area contributed by atoms with Crippen molar-refractivity contribution in [3.05, 3.63) is 70.6 Å². The van der Waals surface area contributed by atoms with E-state index < -0.39 is 12.1 Å². The number of rotatable bonds is 6. The number of carboxylic acid groups (broad SMARTS) is 1. The molecule has 33 heavy (non-hydrogen) atoms. The molecular formula is C22H24F3N3O4S. The molecule has 0 fully saturated rings. The van der Waals surface area contributed by atoms with Crippen LogP contribution in [-0.2, 0) is 35.8 Å². The van der Waals surface area contributed by atoms with E-state index in [1.807, 2.05) is 12.1 Å². The first-order chi connectivity index (χ1) is 15.7. The van der Waals surface area contributed by atoms with Gasteiger partial charge in [0.15, 0.2) is 0 Å². The molecule has 1 amide bonds. The molecule has 178 valence electrons. The van der Waals surface area contributed by atoms with Crippen LogP contribution in [0.3, 0.4) is 0 Å². The fraction of sp³-hybridized carbons (Fsp3) is 0.364. The molecule has 0 spiro atoms. The molecule has 3 aromatic rings. The highest BCUT2D eigenvalue weighted by Gasteiger charge is 2.38. The quantitative estimate of drug-likeness (QED) is 0.551. The summed E-state index contributed by atoms with van der Waals surface area (Å²) in [4.78, 5) is 23.8. The predicted molar refractivity (Wildman–Crippen MR) is 115 cm³/mol. The fourth-order valence-electron chi connectivity index (χ4n) is 3.59. The molecule has 2 N–H and O–H groups in total. The van der Waals surface area contributed by atoms with Crippen molar-refractivity contribution in [2.75, 3.05) is 6.54 Å². The Hall–Kier alpha value is -3.05. The third-order valence-electron chi connectivity index (χ3n) is 5.02. The molecule has 1 atom stereocenters. The van der Waals surface area contributed by atoms with Gasteiger partial charge >= 0.3 is 12.1 Å². The number of nitrogens with one attached hydrogen (secondary N) is 1. The topological polar surface area (TPSA) is 87.7 Å². The molecule has 1 aliphatic heterocycles. The van der Waals surface area contributed by atoms with Gasteiger partial charge in [-0.05, 0) is 52.6 Å². The summed E-state index contributed by atoms with van der Waals surface area (Å²) >= 11 is 1.73. The lowest BCUT2D eigenvalue weighted by Crippen LogP contribution is -2.32. The highest BCUT2D eigenvalue weighted by molar-refractivity contribution is 7.07. The molecule has 4 rings (SSSR count). The maximum absolute atomic E-state index is 12.4. The highest BCUT2D eigenvalue weighted by Crippen LogP contribution is 2.22. The van der Waals surface area contributed by atoms with Crippen LogP contribution < -0.4 is 5.32 Å². The molecule has 0 saturated carbocycles. The van der Waals surface area contributed by atoms with E-state index in [1.165, 1.54) is 11.3 Å². The lowest BCUT2D eigenvalue weighted by molar-refractivity contribution is -0.192. The third-order valence-corrected chi connectivity index (χ3v) is 5.76. The zero-order chi connectivity index (χ0) is 23.8. The molecule has 0 radical (unpaired) electrons. The van der Waals surface area contributed by atoms with Crippen molar-refractivity contribution in [1.82, 2.24) is 14.8 Å². The van der Waals surface area contributed by atoms with Gasteiger partial charge in [-0.15, -0.1) is 0 Å². The minimum atomic E-state index is -5.08. The van der Waals surface area contributed by atoms with Crippen LogP contribution in [0, 0.1) is 5.92 Å². The summed E-state index contributed by atoms with van der Waals surface area (Å²) in [5.41, 5.74) is 2.66. The van der Waals surface area contributed by atoms with Crippen LogP contribution in [0.15, 0.2) is 58.0 Å². The first-order valence-electron chi connectivity index (χ1n) is 10.2. The number of amides is 1. The number of hydrogen-bond acceptors (Lipinski definition) is 5. The second kappa shape index (κ2) is 11.2. The van der Waals surface area contributed by atoms with Crippen molar-refractivity contribution in [2.45, 2.75) is 38.8 Å². The van der Waals surface area contributed by atoms with Crippen LogP contribution in [0.25, 0.3) is 0 Å².